The number of hydrogen-bond acceptors (Lipinski definition) is 5. The average molecular weight is 365 g/mol. The normalized spacial score (nSPS) is 30.3. The van der Waals surface area contributed by atoms with Crippen molar-refractivity contribution >= 4 is 14.5 Å². The van der Waals surface area contributed by atoms with Gasteiger partial charge in [-0.2, -0.15) is 0 Å². The lowest BCUT2D eigenvalue weighted by Gasteiger charge is -2.32. The van der Waals surface area contributed by atoms with Crippen LogP contribution in [0.1, 0.15) is 87.5 Å². The van der Waals surface area contributed by atoms with Gasteiger partial charge in [-0.3, -0.25) is 4.72 Å². The predicted octanol–water partition coefficient (Wildman–Crippen LogP) is 4.05. The van der Waals surface area contributed by atoms with E-state index >= 15 is 0 Å². The summed E-state index contributed by atoms with van der Waals surface area (Å²) in [5, 5.41) is 0. The largest absolute Gasteiger partial charge is 0.551 e. The second-order valence-electron chi connectivity index (χ2n) is 10.3. The van der Waals surface area contributed by atoms with E-state index in [1.807, 2.05) is 0 Å². The molecular formula is C19H37B2NO4. The summed E-state index contributed by atoms with van der Waals surface area (Å²) in [5.74, 6) is 0.641. The Bertz CT molecular complexity index is 450. The van der Waals surface area contributed by atoms with Gasteiger partial charge in [0.05, 0.1) is 22.4 Å². The second kappa shape index (κ2) is 6.77. The van der Waals surface area contributed by atoms with Crippen LogP contribution in [-0.4, -0.2) is 48.2 Å². The zero-order valence-electron chi connectivity index (χ0n) is 18.1. The molecular weight excluding hydrogens is 328 g/mol. The zero-order chi connectivity index (χ0) is 19.4. The predicted molar refractivity (Wildman–Crippen MR) is 105 cm³/mol. The maximum Gasteiger partial charge on any atom is 0.551 e. The summed E-state index contributed by atoms with van der Waals surface area (Å²) in [6.45, 7) is 17.6. The van der Waals surface area contributed by atoms with E-state index < -0.39 is 14.5 Å². The molecule has 3 aliphatic rings. The molecule has 1 saturated carbocycles. The molecule has 0 bridgehead atoms. The van der Waals surface area contributed by atoms with E-state index in [1.54, 1.807) is 0 Å². The summed E-state index contributed by atoms with van der Waals surface area (Å²) in [7, 11) is -0.895. The molecule has 0 radical (unpaired) electrons. The Labute approximate surface area is 160 Å². The third-order valence-electron chi connectivity index (χ3n) is 7.22. The highest BCUT2D eigenvalue weighted by atomic mass is 16.7. The first-order valence-corrected chi connectivity index (χ1v) is 10.3. The molecule has 2 saturated heterocycles. The molecule has 3 fully saturated rings. The van der Waals surface area contributed by atoms with Crippen LogP contribution in [0, 0.1) is 5.92 Å². The first-order valence-electron chi connectivity index (χ1n) is 10.3. The van der Waals surface area contributed by atoms with Gasteiger partial charge in [0.1, 0.15) is 0 Å². The minimum absolute atomic E-state index is 0.369. The van der Waals surface area contributed by atoms with Crippen molar-refractivity contribution in [3.8, 4) is 0 Å². The van der Waals surface area contributed by atoms with Crippen molar-refractivity contribution in [2.24, 2.45) is 5.92 Å². The monoisotopic (exact) mass is 365 g/mol. The molecule has 0 N–H and O–H groups in total. The molecule has 2 heterocycles. The van der Waals surface area contributed by atoms with Gasteiger partial charge in [0.25, 0.3) is 0 Å². The van der Waals surface area contributed by atoms with Gasteiger partial charge < -0.3 is 18.6 Å². The summed E-state index contributed by atoms with van der Waals surface area (Å²) in [4.78, 5) is 0. The minimum Gasteiger partial charge on any atom is -0.390 e. The van der Waals surface area contributed by atoms with Crippen LogP contribution >= 0.6 is 0 Å². The van der Waals surface area contributed by atoms with Gasteiger partial charge in [-0.25, -0.2) is 0 Å². The average Bonchev–Trinajstić information content (AvgIpc) is 2.85. The van der Waals surface area contributed by atoms with E-state index in [2.05, 4.69) is 60.1 Å². The molecule has 0 aromatic heterocycles. The Morgan fingerprint density at radius 3 is 1.35 bits per heavy atom. The summed E-state index contributed by atoms with van der Waals surface area (Å²) >= 11 is 0. The maximum atomic E-state index is 6.36. The van der Waals surface area contributed by atoms with Crippen LogP contribution in [-0.2, 0) is 18.6 Å². The summed E-state index contributed by atoms with van der Waals surface area (Å²) < 4.78 is 27.6. The van der Waals surface area contributed by atoms with E-state index in [-0.39, 0.29) is 22.4 Å². The number of hydrogen-bond donors (Lipinski definition) is 0. The lowest BCUT2D eigenvalue weighted by Crippen LogP contribution is -2.55. The highest BCUT2D eigenvalue weighted by Gasteiger charge is 2.61. The van der Waals surface area contributed by atoms with Crippen LogP contribution < -0.4 is 0 Å². The van der Waals surface area contributed by atoms with Crippen molar-refractivity contribution in [1.82, 2.24) is 4.72 Å². The van der Waals surface area contributed by atoms with Gasteiger partial charge in [-0.15, -0.1) is 0 Å². The van der Waals surface area contributed by atoms with Crippen molar-refractivity contribution in [2.75, 3.05) is 6.54 Å². The minimum atomic E-state index is -0.448. The van der Waals surface area contributed by atoms with Crippen LogP contribution in [0.25, 0.3) is 0 Å². The Morgan fingerprint density at radius 1 is 0.654 bits per heavy atom. The molecule has 26 heavy (non-hydrogen) atoms. The van der Waals surface area contributed by atoms with Gasteiger partial charge >= 0.3 is 14.5 Å². The second-order valence-corrected chi connectivity index (χ2v) is 10.3. The van der Waals surface area contributed by atoms with Crippen LogP contribution in [0.2, 0.25) is 0 Å². The maximum absolute atomic E-state index is 6.36. The van der Waals surface area contributed by atoms with E-state index in [0.29, 0.717) is 5.92 Å². The number of nitrogens with zero attached hydrogens (tertiary/aromatic N) is 1. The van der Waals surface area contributed by atoms with Crippen LogP contribution in [0.3, 0.4) is 0 Å². The van der Waals surface area contributed by atoms with Crippen molar-refractivity contribution < 1.29 is 18.6 Å². The Balaban J connectivity index is 1.81. The molecule has 148 valence electrons. The molecule has 2 aliphatic heterocycles. The Hall–Kier alpha value is -0.0701. The molecule has 3 rings (SSSR count). The van der Waals surface area contributed by atoms with E-state index in [0.717, 1.165) is 6.54 Å². The van der Waals surface area contributed by atoms with Gasteiger partial charge in [-0.1, -0.05) is 19.3 Å². The zero-order valence-corrected chi connectivity index (χ0v) is 18.1. The SMILES string of the molecule is CC1(C)OB(N(CC2CCCCC2)B2OC(C)(C)C(C)(C)O2)OC1(C)C. The van der Waals surface area contributed by atoms with Gasteiger partial charge in [0.15, 0.2) is 0 Å². The number of rotatable bonds is 4. The van der Waals surface area contributed by atoms with Crippen LogP contribution in [0.4, 0.5) is 0 Å². The molecule has 0 aromatic rings. The van der Waals surface area contributed by atoms with Crippen LogP contribution in [0.15, 0.2) is 0 Å². The third-order valence-corrected chi connectivity index (χ3v) is 7.22. The molecule has 0 aromatic carbocycles. The first kappa shape index (κ1) is 20.7. The van der Waals surface area contributed by atoms with Gasteiger partial charge in [0, 0.05) is 0 Å². The molecule has 0 spiro atoms. The smallest absolute Gasteiger partial charge is 0.390 e. The van der Waals surface area contributed by atoms with Crippen LogP contribution in [0.5, 0.6) is 0 Å². The highest BCUT2D eigenvalue weighted by molar-refractivity contribution is 6.60. The summed E-state index contributed by atoms with van der Waals surface area (Å²) in [6.07, 6.45) is 6.49. The molecule has 0 amide bonds. The lowest BCUT2D eigenvalue weighted by atomic mass is 9.82. The standard InChI is InChI=1S/C19H37B2NO4/c1-16(2)17(3,4)24-20(23-16)22(14-15-12-10-9-11-13-15)21-25-18(5,6)19(7,8)26-21/h15H,9-14H2,1-8H3. The van der Waals surface area contributed by atoms with E-state index in [1.165, 1.54) is 32.1 Å². The summed E-state index contributed by atoms with van der Waals surface area (Å²) in [5.41, 5.74) is -1.48. The van der Waals surface area contributed by atoms with Crippen molar-refractivity contribution in [3.05, 3.63) is 0 Å². The fraction of sp³-hybridized carbons (Fsp3) is 1.00. The first-order chi connectivity index (χ1) is 11.8. The topological polar surface area (TPSA) is 40.2 Å². The molecule has 0 atom stereocenters. The van der Waals surface area contributed by atoms with E-state index in [4.69, 9.17) is 18.6 Å². The molecule has 5 nitrogen and oxygen atoms in total. The molecule has 1 aliphatic carbocycles. The highest BCUT2D eigenvalue weighted by Crippen LogP contribution is 2.42. The van der Waals surface area contributed by atoms with E-state index in [9.17, 15) is 0 Å². The molecule has 0 unspecified atom stereocenters. The lowest BCUT2D eigenvalue weighted by molar-refractivity contribution is 0.00578. The van der Waals surface area contributed by atoms with Crippen molar-refractivity contribution in [2.45, 2.75) is 110 Å². The fourth-order valence-electron chi connectivity index (χ4n) is 3.83. The van der Waals surface area contributed by atoms with Crippen molar-refractivity contribution in [3.63, 3.8) is 0 Å². The van der Waals surface area contributed by atoms with Crippen molar-refractivity contribution in [1.29, 1.82) is 0 Å². The summed E-state index contributed by atoms with van der Waals surface area (Å²) in [6, 6.07) is 0. The van der Waals surface area contributed by atoms with Gasteiger partial charge in [-0.05, 0) is 80.7 Å². The Kier molecular flexibility index (Phi) is 5.38. The Morgan fingerprint density at radius 2 is 1.00 bits per heavy atom. The fourth-order valence-corrected chi connectivity index (χ4v) is 3.83. The third kappa shape index (κ3) is 3.75. The molecule has 7 heteroatoms. The quantitative estimate of drug-likeness (QED) is 0.704. The van der Waals surface area contributed by atoms with Gasteiger partial charge in [0.2, 0.25) is 0 Å².